The van der Waals surface area contributed by atoms with Crippen molar-refractivity contribution in [3.05, 3.63) is 65.5 Å². The number of amides is 1. The molecular formula is C18H20FNO2S. The van der Waals surface area contributed by atoms with Gasteiger partial charge in [0, 0.05) is 12.3 Å². The number of nitrogens with one attached hydrogen (secondary N) is 1. The summed E-state index contributed by atoms with van der Waals surface area (Å²) in [4.78, 5) is 11.8. The van der Waals surface area contributed by atoms with Crippen LogP contribution in [0.1, 0.15) is 11.1 Å². The Balaban J connectivity index is 1.64. The Morgan fingerprint density at radius 2 is 1.91 bits per heavy atom. The first kappa shape index (κ1) is 17.3. The van der Waals surface area contributed by atoms with Crippen LogP contribution in [0.25, 0.3) is 0 Å². The van der Waals surface area contributed by atoms with E-state index in [-0.39, 0.29) is 11.7 Å². The maximum atomic E-state index is 13.4. The Labute approximate surface area is 140 Å². The highest BCUT2D eigenvalue weighted by atomic mass is 32.2. The van der Waals surface area contributed by atoms with Gasteiger partial charge in [0.2, 0.25) is 5.91 Å². The van der Waals surface area contributed by atoms with Crippen LogP contribution in [0.3, 0.4) is 0 Å². The lowest BCUT2D eigenvalue weighted by molar-refractivity contribution is -0.118. The lowest BCUT2D eigenvalue weighted by Crippen LogP contribution is -2.27. The summed E-state index contributed by atoms with van der Waals surface area (Å²) in [6.07, 6.45) is 0.772. The van der Waals surface area contributed by atoms with Crippen molar-refractivity contribution < 1.29 is 13.9 Å². The smallest absolute Gasteiger partial charge is 0.230 e. The first-order chi connectivity index (χ1) is 11.2. The van der Waals surface area contributed by atoms with Crippen LogP contribution in [-0.4, -0.2) is 25.3 Å². The van der Waals surface area contributed by atoms with E-state index in [2.05, 4.69) is 5.32 Å². The maximum Gasteiger partial charge on any atom is 0.230 e. The largest absolute Gasteiger partial charge is 0.497 e. The van der Waals surface area contributed by atoms with E-state index in [9.17, 15) is 9.18 Å². The van der Waals surface area contributed by atoms with Crippen molar-refractivity contribution in [3.63, 3.8) is 0 Å². The number of halogens is 1. The summed E-state index contributed by atoms with van der Waals surface area (Å²) in [6, 6.07) is 14.4. The van der Waals surface area contributed by atoms with Crippen molar-refractivity contribution in [1.29, 1.82) is 0 Å². The first-order valence-corrected chi connectivity index (χ1v) is 8.55. The number of hydrogen-bond acceptors (Lipinski definition) is 3. The second-order valence-corrected chi connectivity index (χ2v) is 6.02. The number of ether oxygens (including phenoxy) is 1. The highest BCUT2D eigenvalue weighted by Gasteiger charge is 2.04. The van der Waals surface area contributed by atoms with E-state index in [0.717, 1.165) is 17.7 Å². The third-order valence-electron chi connectivity index (χ3n) is 3.34. The topological polar surface area (TPSA) is 38.3 Å². The molecule has 2 aromatic rings. The molecule has 0 heterocycles. The summed E-state index contributed by atoms with van der Waals surface area (Å²) in [7, 11) is 1.63. The number of carbonyl (C=O) groups excluding carboxylic acids is 1. The van der Waals surface area contributed by atoms with Crippen LogP contribution < -0.4 is 10.1 Å². The van der Waals surface area contributed by atoms with Crippen LogP contribution in [0.2, 0.25) is 0 Å². The highest BCUT2D eigenvalue weighted by molar-refractivity contribution is 7.99. The molecule has 0 aliphatic heterocycles. The fourth-order valence-electron chi connectivity index (χ4n) is 2.06. The lowest BCUT2D eigenvalue weighted by Gasteiger charge is -2.07. The lowest BCUT2D eigenvalue weighted by atomic mass is 10.1. The molecule has 122 valence electrons. The predicted octanol–water partition coefficient (Wildman–Crippen LogP) is 3.43. The Morgan fingerprint density at radius 1 is 1.17 bits per heavy atom. The molecule has 0 aliphatic rings. The molecule has 0 atom stereocenters. The number of methoxy groups -OCH3 is 1. The van der Waals surface area contributed by atoms with Crippen molar-refractivity contribution in [1.82, 2.24) is 5.32 Å². The molecule has 0 saturated carbocycles. The molecule has 23 heavy (non-hydrogen) atoms. The molecule has 0 bridgehead atoms. The Hall–Kier alpha value is -2.01. The Kier molecular flexibility index (Phi) is 6.94. The average molecular weight is 333 g/mol. The molecule has 1 amide bonds. The van der Waals surface area contributed by atoms with E-state index >= 15 is 0 Å². The SMILES string of the molecule is COc1ccc(CCNC(=O)CSCc2ccccc2F)cc1. The van der Waals surface area contributed by atoms with Crippen LogP contribution in [0.15, 0.2) is 48.5 Å². The van der Waals surface area contributed by atoms with Gasteiger partial charge in [-0.25, -0.2) is 4.39 Å². The molecule has 0 saturated heterocycles. The Bertz CT molecular complexity index is 631. The van der Waals surface area contributed by atoms with Gasteiger partial charge < -0.3 is 10.1 Å². The molecule has 3 nitrogen and oxygen atoms in total. The molecule has 0 unspecified atom stereocenters. The molecule has 5 heteroatoms. The Morgan fingerprint density at radius 3 is 2.61 bits per heavy atom. The number of carbonyl (C=O) groups is 1. The fraction of sp³-hybridized carbons (Fsp3) is 0.278. The van der Waals surface area contributed by atoms with Crippen LogP contribution in [-0.2, 0) is 17.0 Å². The van der Waals surface area contributed by atoms with Crippen molar-refractivity contribution in [2.45, 2.75) is 12.2 Å². The highest BCUT2D eigenvalue weighted by Crippen LogP contribution is 2.15. The van der Waals surface area contributed by atoms with E-state index in [1.165, 1.54) is 17.8 Å². The average Bonchev–Trinajstić information content (AvgIpc) is 2.57. The minimum absolute atomic E-state index is 0.0279. The summed E-state index contributed by atoms with van der Waals surface area (Å²) in [5.41, 5.74) is 1.77. The van der Waals surface area contributed by atoms with Crippen LogP contribution in [0, 0.1) is 5.82 Å². The van der Waals surface area contributed by atoms with Gasteiger partial charge in [-0.15, -0.1) is 11.8 Å². The normalized spacial score (nSPS) is 10.3. The molecule has 0 fully saturated rings. The van der Waals surface area contributed by atoms with Gasteiger partial charge in [-0.2, -0.15) is 0 Å². The molecule has 1 N–H and O–H groups in total. The summed E-state index contributed by atoms with van der Waals surface area (Å²) in [6.45, 7) is 0.589. The second kappa shape index (κ2) is 9.20. The summed E-state index contributed by atoms with van der Waals surface area (Å²) < 4.78 is 18.5. The van der Waals surface area contributed by atoms with Gasteiger partial charge >= 0.3 is 0 Å². The third kappa shape index (κ3) is 5.94. The number of rotatable bonds is 8. The van der Waals surface area contributed by atoms with Crippen molar-refractivity contribution in [2.75, 3.05) is 19.4 Å². The standard InChI is InChI=1S/C18H20FNO2S/c1-22-16-8-6-14(7-9-16)10-11-20-18(21)13-23-12-15-4-2-3-5-17(15)19/h2-9H,10-13H2,1H3,(H,20,21). The van der Waals surface area contributed by atoms with Gasteiger partial charge in [0.15, 0.2) is 0 Å². The van der Waals surface area contributed by atoms with E-state index in [4.69, 9.17) is 4.74 Å². The summed E-state index contributed by atoms with van der Waals surface area (Å²) in [5.74, 6) is 1.40. The van der Waals surface area contributed by atoms with E-state index in [1.807, 2.05) is 24.3 Å². The number of benzene rings is 2. The summed E-state index contributed by atoms with van der Waals surface area (Å²) in [5, 5.41) is 2.88. The van der Waals surface area contributed by atoms with Gasteiger partial charge in [-0.1, -0.05) is 30.3 Å². The fourth-order valence-corrected chi connectivity index (χ4v) is 2.90. The van der Waals surface area contributed by atoms with Crippen LogP contribution in [0.4, 0.5) is 4.39 Å². The van der Waals surface area contributed by atoms with Crippen molar-refractivity contribution >= 4 is 17.7 Å². The quantitative estimate of drug-likeness (QED) is 0.804. The minimum atomic E-state index is -0.222. The monoisotopic (exact) mass is 333 g/mol. The molecule has 0 radical (unpaired) electrons. The molecule has 2 rings (SSSR count). The maximum absolute atomic E-state index is 13.4. The van der Waals surface area contributed by atoms with Gasteiger partial charge in [-0.3, -0.25) is 4.79 Å². The molecular weight excluding hydrogens is 313 g/mol. The van der Waals surface area contributed by atoms with Crippen molar-refractivity contribution in [2.24, 2.45) is 0 Å². The second-order valence-electron chi connectivity index (χ2n) is 5.03. The third-order valence-corrected chi connectivity index (χ3v) is 4.32. The molecule has 0 aliphatic carbocycles. The molecule has 2 aromatic carbocycles. The zero-order valence-corrected chi connectivity index (χ0v) is 13.9. The zero-order chi connectivity index (χ0) is 16.5. The molecule has 0 aromatic heterocycles. The minimum Gasteiger partial charge on any atom is -0.497 e. The van der Waals surface area contributed by atoms with Crippen molar-refractivity contribution in [3.8, 4) is 5.75 Å². The number of hydrogen-bond donors (Lipinski definition) is 1. The first-order valence-electron chi connectivity index (χ1n) is 7.40. The zero-order valence-electron chi connectivity index (χ0n) is 13.0. The predicted molar refractivity (Wildman–Crippen MR) is 92.3 cm³/mol. The van der Waals surface area contributed by atoms with Gasteiger partial charge in [0.1, 0.15) is 11.6 Å². The van der Waals surface area contributed by atoms with E-state index < -0.39 is 0 Å². The van der Waals surface area contributed by atoms with Gasteiger partial charge in [0.25, 0.3) is 0 Å². The number of thioether (sulfide) groups is 1. The van der Waals surface area contributed by atoms with Crippen LogP contribution in [0.5, 0.6) is 5.75 Å². The summed E-state index contributed by atoms with van der Waals surface area (Å²) >= 11 is 1.41. The van der Waals surface area contributed by atoms with E-state index in [1.54, 1.807) is 25.3 Å². The van der Waals surface area contributed by atoms with Gasteiger partial charge in [-0.05, 0) is 35.7 Å². The molecule has 0 spiro atoms. The van der Waals surface area contributed by atoms with Crippen LogP contribution >= 0.6 is 11.8 Å². The van der Waals surface area contributed by atoms with E-state index in [0.29, 0.717) is 23.6 Å². The van der Waals surface area contributed by atoms with Gasteiger partial charge in [0.05, 0.1) is 12.9 Å².